The maximum atomic E-state index is 6.04. The van der Waals surface area contributed by atoms with Crippen molar-refractivity contribution in [3.63, 3.8) is 0 Å². The Balaban J connectivity index is 1.82. The predicted octanol–water partition coefficient (Wildman–Crippen LogP) is 2.53. The Kier molecular flexibility index (Phi) is 4.20. The van der Waals surface area contributed by atoms with Crippen LogP contribution in [0.5, 0.6) is 5.88 Å². The maximum Gasteiger partial charge on any atom is 0.226 e. The third-order valence-corrected chi connectivity index (χ3v) is 4.13. The molecule has 1 aromatic heterocycles. The van der Waals surface area contributed by atoms with E-state index < -0.39 is 0 Å². The molecule has 2 aromatic rings. The van der Waals surface area contributed by atoms with Crippen molar-refractivity contribution < 1.29 is 4.74 Å². The number of nitrogens with zero attached hydrogens (tertiary/aromatic N) is 3. The minimum atomic E-state index is 0.477. The molecule has 1 saturated heterocycles. The molecule has 0 spiro atoms. The summed E-state index contributed by atoms with van der Waals surface area (Å²) in [6, 6.07) is 8.44. The van der Waals surface area contributed by atoms with E-state index in [0.717, 1.165) is 17.4 Å². The number of aromatic nitrogens is 2. The van der Waals surface area contributed by atoms with Gasteiger partial charge in [-0.2, -0.15) is 4.98 Å². The minimum absolute atomic E-state index is 0.477. The predicted molar refractivity (Wildman–Crippen MR) is 84.8 cm³/mol. The molecule has 0 bridgehead atoms. The zero-order valence-corrected chi connectivity index (χ0v) is 12.7. The van der Waals surface area contributed by atoms with Crippen LogP contribution in [0.15, 0.2) is 24.3 Å². The zero-order valence-electron chi connectivity index (χ0n) is 12.7. The monoisotopic (exact) mass is 286 g/mol. The molecule has 1 aromatic carbocycles. The van der Waals surface area contributed by atoms with Crippen molar-refractivity contribution >= 4 is 16.9 Å². The molecule has 1 fully saturated rings. The van der Waals surface area contributed by atoms with Crippen LogP contribution in [0.3, 0.4) is 0 Å². The minimum Gasteiger partial charge on any atom is -0.475 e. The Labute approximate surface area is 125 Å². The van der Waals surface area contributed by atoms with Gasteiger partial charge in [0, 0.05) is 13.1 Å². The summed E-state index contributed by atoms with van der Waals surface area (Å²) in [4.78, 5) is 11.3. The van der Waals surface area contributed by atoms with Crippen molar-refractivity contribution in [2.75, 3.05) is 32.6 Å². The van der Waals surface area contributed by atoms with Gasteiger partial charge in [0.1, 0.15) is 6.61 Å². The summed E-state index contributed by atoms with van der Waals surface area (Å²) in [5.74, 6) is 1.27. The number of benzene rings is 1. The number of likely N-dealkylation sites (N-methyl/N-ethyl adjacent to an activating group) is 1. The van der Waals surface area contributed by atoms with E-state index in [9.17, 15) is 0 Å². The quantitative estimate of drug-likeness (QED) is 0.936. The molecule has 0 amide bonds. The molecule has 21 heavy (non-hydrogen) atoms. The number of para-hydroxylation sites is 1. The van der Waals surface area contributed by atoms with Gasteiger partial charge >= 0.3 is 0 Å². The Morgan fingerprint density at radius 2 is 2.14 bits per heavy atom. The van der Waals surface area contributed by atoms with Gasteiger partial charge in [-0.3, -0.25) is 0 Å². The van der Waals surface area contributed by atoms with E-state index in [0.29, 0.717) is 24.5 Å². The van der Waals surface area contributed by atoms with Crippen LogP contribution in [0.2, 0.25) is 0 Å². The maximum absolute atomic E-state index is 6.04. The van der Waals surface area contributed by atoms with Crippen molar-refractivity contribution in [1.82, 2.24) is 14.9 Å². The number of nitrogens with one attached hydrogen (secondary N) is 1. The van der Waals surface area contributed by atoms with Crippen molar-refractivity contribution in [2.45, 2.75) is 25.3 Å². The van der Waals surface area contributed by atoms with Gasteiger partial charge in [0.2, 0.25) is 11.8 Å². The Morgan fingerprint density at radius 3 is 2.95 bits per heavy atom. The Bertz CT molecular complexity index is 616. The van der Waals surface area contributed by atoms with E-state index in [4.69, 9.17) is 4.74 Å². The second kappa shape index (κ2) is 6.26. The van der Waals surface area contributed by atoms with E-state index in [1.54, 1.807) is 0 Å². The first-order valence-corrected chi connectivity index (χ1v) is 7.55. The lowest BCUT2D eigenvalue weighted by molar-refractivity contribution is 0.123. The van der Waals surface area contributed by atoms with Crippen LogP contribution in [-0.2, 0) is 0 Å². The topological polar surface area (TPSA) is 50.3 Å². The summed E-state index contributed by atoms with van der Waals surface area (Å²) in [7, 11) is 3.99. The highest BCUT2D eigenvalue weighted by Gasteiger charge is 2.20. The van der Waals surface area contributed by atoms with Gasteiger partial charge in [-0.05, 0) is 38.6 Å². The summed E-state index contributed by atoms with van der Waals surface area (Å²) >= 11 is 0. The molecule has 2 heterocycles. The van der Waals surface area contributed by atoms with Crippen molar-refractivity contribution in [2.24, 2.45) is 0 Å². The molecule has 0 radical (unpaired) electrons. The lowest BCUT2D eigenvalue weighted by Crippen LogP contribution is -2.40. The molecule has 1 aliphatic heterocycles. The lowest BCUT2D eigenvalue weighted by Gasteiger charge is -2.32. The number of hydrogen-bond donors (Lipinski definition) is 1. The fourth-order valence-corrected chi connectivity index (χ4v) is 2.80. The summed E-state index contributed by atoms with van der Waals surface area (Å²) < 4.78 is 6.04. The van der Waals surface area contributed by atoms with E-state index in [2.05, 4.69) is 27.2 Å². The summed E-state index contributed by atoms with van der Waals surface area (Å²) in [6.07, 6.45) is 3.76. The summed E-state index contributed by atoms with van der Waals surface area (Å²) in [5, 5.41) is 3.96. The van der Waals surface area contributed by atoms with Gasteiger partial charge in [-0.1, -0.05) is 18.6 Å². The van der Waals surface area contributed by atoms with Crippen LogP contribution in [-0.4, -0.2) is 48.2 Å². The second-order valence-electron chi connectivity index (χ2n) is 5.56. The number of ether oxygens (including phenoxy) is 1. The molecular weight excluding hydrogens is 264 g/mol. The van der Waals surface area contributed by atoms with Gasteiger partial charge in [0.25, 0.3) is 0 Å². The van der Waals surface area contributed by atoms with E-state index >= 15 is 0 Å². The normalized spacial score (nSPS) is 19.6. The van der Waals surface area contributed by atoms with Crippen LogP contribution in [0, 0.1) is 0 Å². The smallest absolute Gasteiger partial charge is 0.226 e. The van der Waals surface area contributed by atoms with Crippen molar-refractivity contribution in [3.05, 3.63) is 24.3 Å². The number of hydrogen-bond acceptors (Lipinski definition) is 5. The van der Waals surface area contributed by atoms with E-state index in [-0.39, 0.29) is 0 Å². The number of rotatable bonds is 4. The molecule has 1 N–H and O–H groups in total. The Morgan fingerprint density at radius 1 is 1.29 bits per heavy atom. The molecular formula is C16H22N4O. The molecule has 112 valence electrons. The third-order valence-electron chi connectivity index (χ3n) is 4.13. The second-order valence-corrected chi connectivity index (χ2v) is 5.56. The first kappa shape index (κ1) is 14.1. The highest BCUT2D eigenvalue weighted by Crippen LogP contribution is 2.25. The summed E-state index contributed by atoms with van der Waals surface area (Å²) in [5.41, 5.74) is 0.906. The van der Waals surface area contributed by atoms with Crippen LogP contribution in [0.4, 0.5) is 5.95 Å². The highest BCUT2D eigenvalue weighted by atomic mass is 16.5. The number of fused-ring (bicyclic) bond motifs is 1. The van der Waals surface area contributed by atoms with Crippen LogP contribution in [0.1, 0.15) is 19.3 Å². The lowest BCUT2D eigenvalue weighted by atomic mass is 10.0. The van der Waals surface area contributed by atoms with Crippen LogP contribution < -0.4 is 10.1 Å². The van der Waals surface area contributed by atoms with Gasteiger partial charge in [0.05, 0.1) is 10.9 Å². The molecule has 5 nitrogen and oxygen atoms in total. The highest BCUT2D eigenvalue weighted by molar-refractivity contribution is 5.84. The Hall–Kier alpha value is -1.88. The first-order valence-electron chi connectivity index (χ1n) is 7.55. The van der Waals surface area contributed by atoms with Gasteiger partial charge in [0.15, 0.2) is 0 Å². The first-order chi connectivity index (χ1) is 10.3. The molecule has 1 unspecified atom stereocenters. The largest absolute Gasteiger partial charge is 0.475 e. The molecule has 3 rings (SSSR count). The SMILES string of the molecule is CNc1nc(OCC2CCCCN2C)c2ccccc2n1. The van der Waals surface area contributed by atoms with Gasteiger partial charge in [-0.15, -0.1) is 0 Å². The molecule has 1 atom stereocenters. The number of piperidine rings is 1. The van der Waals surface area contributed by atoms with Gasteiger partial charge < -0.3 is 15.0 Å². The van der Waals surface area contributed by atoms with Crippen LogP contribution in [0.25, 0.3) is 10.9 Å². The van der Waals surface area contributed by atoms with Crippen molar-refractivity contribution in [1.29, 1.82) is 0 Å². The summed E-state index contributed by atoms with van der Waals surface area (Å²) in [6.45, 7) is 1.83. The van der Waals surface area contributed by atoms with E-state index in [1.807, 2.05) is 31.3 Å². The average molecular weight is 286 g/mol. The number of likely N-dealkylation sites (tertiary alicyclic amines) is 1. The molecule has 0 saturated carbocycles. The number of anilines is 1. The average Bonchev–Trinajstić information content (AvgIpc) is 2.53. The third kappa shape index (κ3) is 3.08. The fraction of sp³-hybridized carbons (Fsp3) is 0.500. The molecule has 5 heteroatoms. The van der Waals surface area contributed by atoms with Gasteiger partial charge in [-0.25, -0.2) is 4.98 Å². The fourth-order valence-electron chi connectivity index (χ4n) is 2.80. The molecule has 1 aliphatic rings. The zero-order chi connectivity index (χ0) is 14.7. The molecule has 0 aliphatic carbocycles. The van der Waals surface area contributed by atoms with Crippen molar-refractivity contribution in [3.8, 4) is 5.88 Å². The van der Waals surface area contributed by atoms with Crippen LogP contribution >= 0.6 is 0 Å². The van der Waals surface area contributed by atoms with E-state index in [1.165, 1.54) is 19.3 Å². The standard InChI is InChI=1S/C16H22N4O/c1-17-16-18-14-9-4-3-8-13(14)15(19-16)21-11-12-7-5-6-10-20(12)2/h3-4,8-9,12H,5-7,10-11H2,1-2H3,(H,17,18,19).